The van der Waals surface area contributed by atoms with Gasteiger partial charge in [-0.2, -0.15) is 0 Å². The highest BCUT2D eigenvalue weighted by Crippen LogP contribution is 2.19. The summed E-state index contributed by atoms with van der Waals surface area (Å²) in [6.07, 6.45) is 0. The summed E-state index contributed by atoms with van der Waals surface area (Å²) in [5.41, 5.74) is 2.97. The average molecular weight is 228 g/mol. The van der Waals surface area contributed by atoms with Gasteiger partial charge in [-0.25, -0.2) is 4.98 Å². The van der Waals surface area contributed by atoms with Crippen LogP contribution < -0.4 is 0 Å². The van der Waals surface area contributed by atoms with Gasteiger partial charge in [0.1, 0.15) is 0 Å². The minimum Gasteiger partial charge on any atom is -0.396 e. The average Bonchev–Trinajstić information content (AvgIpc) is 2.51. The lowest BCUT2D eigenvalue weighted by Gasteiger charge is -2.28. The molecule has 86 valence electrons. The Morgan fingerprint density at radius 3 is 2.67 bits per heavy atom. The molecule has 0 aromatic carbocycles. The molecule has 0 amide bonds. The van der Waals surface area contributed by atoms with Crippen molar-refractivity contribution in [3.05, 3.63) is 16.1 Å². The van der Waals surface area contributed by atoms with Crippen LogP contribution in [0.25, 0.3) is 0 Å². The number of rotatable bonds is 5. The first-order valence-electron chi connectivity index (χ1n) is 5.13. The number of aromatic nitrogens is 1. The number of aliphatic hydroxyl groups is 1. The standard InChI is InChI=1S/C11H20N2OS/c1-9-10(15-8-12-9)5-13(4)6-11(2,3)7-14/h8,14H,5-7H2,1-4H3. The van der Waals surface area contributed by atoms with Crippen LogP contribution in [0.2, 0.25) is 0 Å². The molecule has 1 aromatic heterocycles. The van der Waals surface area contributed by atoms with E-state index in [0.29, 0.717) is 0 Å². The van der Waals surface area contributed by atoms with Crippen molar-refractivity contribution < 1.29 is 5.11 Å². The Morgan fingerprint density at radius 2 is 2.20 bits per heavy atom. The second kappa shape index (κ2) is 5.05. The molecule has 0 unspecified atom stereocenters. The summed E-state index contributed by atoms with van der Waals surface area (Å²) in [6.45, 7) is 8.21. The lowest BCUT2D eigenvalue weighted by molar-refractivity contribution is 0.113. The molecule has 1 N–H and O–H groups in total. The Bertz CT molecular complexity index is 309. The van der Waals surface area contributed by atoms with Gasteiger partial charge in [-0.3, -0.25) is 0 Å². The van der Waals surface area contributed by atoms with Crippen molar-refractivity contribution in [2.45, 2.75) is 27.3 Å². The van der Waals surface area contributed by atoms with Gasteiger partial charge in [0, 0.05) is 30.0 Å². The van der Waals surface area contributed by atoms with Crippen LogP contribution in [-0.4, -0.2) is 35.2 Å². The topological polar surface area (TPSA) is 36.4 Å². The summed E-state index contributed by atoms with van der Waals surface area (Å²) >= 11 is 1.70. The highest BCUT2D eigenvalue weighted by Gasteiger charge is 2.19. The number of hydrogen-bond acceptors (Lipinski definition) is 4. The largest absolute Gasteiger partial charge is 0.396 e. The summed E-state index contributed by atoms with van der Waals surface area (Å²) in [7, 11) is 2.08. The summed E-state index contributed by atoms with van der Waals surface area (Å²) in [6, 6.07) is 0. The number of nitrogens with zero attached hydrogens (tertiary/aromatic N) is 2. The summed E-state index contributed by atoms with van der Waals surface area (Å²) < 4.78 is 0. The van der Waals surface area contributed by atoms with Crippen molar-refractivity contribution in [2.75, 3.05) is 20.2 Å². The molecule has 0 radical (unpaired) electrons. The van der Waals surface area contributed by atoms with E-state index in [1.165, 1.54) is 4.88 Å². The van der Waals surface area contributed by atoms with Gasteiger partial charge < -0.3 is 10.0 Å². The smallest absolute Gasteiger partial charge is 0.0798 e. The fraction of sp³-hybridized carbons (Fsp3) is 0.727. The molecule has 15 heavy (non-hydrogen) atoms. The van der Waals surface area contributed by atoms with Crippen molar-refractivity contribution in [2.24, 2.45) is 5.41 Å². The zero-order chi connectivity index (χ0) is 11.5. The molecule has 0 aliphatic heterocycles. The highest BCUT2D eigenvalue weighted by molar-refractivity contribution is 7.09. The third kappa shape index (κ3) is 3.89. The van der Waals surface area contributed by atoms with E-state index in [9.17, 15) is 5.11 Å². The Kier molecular flexibility index (Phi) is 4.25. The predicted molar refractivity (Wildman–Crippen MR) is 64.1 cm³/mol. The number of hydrogen-bond donors (Lipinski definition) is 1. The number of aliphatic hydroxyl groups excluding tert-OH is 1. The summed E-state index contributed by atoms with van der Waals surface area (Å²) in [4.78, 5) is 7.77. The summed E-state index contributed by atoms with van der Waals surface area (Å²) in [5.74, 6) is 0. The highest BCUT2D eigenvalue weighted by atomic mass is 32.1. The van der Waals surface area contributed by atoms with Crippen molar-refractivity contribution in [1.29, 1.82) is 0 Å². The van der Waals surface area contributed by atoms with Gasteiger partial charge in [-0.1, -0.05) is 13.8 Å². The molecule has 1 rings (SSSR count). The third-order valence-corrected chi connectivity index (χ3v) is 3.30. The van der Waals surface area contributed by atoms with E-state index in [4.69, 9.17) is 0 Å². The van der Waals surface area contributed by atoms with Gasteiger partial charge in [0.2, 0.25) is 0 Å². The Morgan fingerprint density at radius 1 is 1.53 bits per heavy atom. The van der Waals surface area contributed by atoms with E-state index >= 15 is 0 Å². The zero-order valence-electron chi connectivity index (χ0n) is 9.95. The van der Waals surface area contributed by atoms with Crippen molar-refractivity contribution in [1.82, 2.24) is 9.88 Å². The van der Waals surface area contributed by atoms with E-state index in [1.54, 1.807) is 11.3 Å². The Hall–Kier alpha value is -0.450. The van der Waals surface area contributed by atoms with Gasteiger partial charge in [0.15, 0.2) is 0 Å². The van der Waals surface area contributed by atoms with E-state index in [-0.39, 0.29) is 12.0 Å². The molecule has 0 bridgehead atoms. The summed E-state index contributed by atoms with van der Waals surface area (Å²) in [5, 5.41) is 9.19. The normalized spacial score (nSPS) is 12.4. The van der Waals surface area contributed by atoms with Crippen molar-refractivity contribution in [3.63, 3.8) is 0 Å². The first kappa shape index (κ1) is 12.6. The molecule has 0 saturated heterocycles. The Labute approximate surface area is 95.8 Å². The molecular formula is C11H20N2OS. The van der Waals surface area contributed by atoms with Gasteiger partial charge >= 0.3 is 0 Å². The number of aryl methyl sites for hydroxylation is 1. The fourth-order valence-electron chi connectivity index (χ4n) is 1.56. The molecule has 1 heterocycles. The second-order valence-electron chi connectivity index (χ2n) is 4.86. The molecule has 0 spiro atoms. The van der Waals surface area contributed by atoms with Crippen molar-refractivity contribution in [3.8, 4) is 0 Å². The zero-order valence-corrected chi connectivity index (χ0v) is 10.8. The van der Waals surface area contributed by atoms with Crippen LogP contribution in [0.5, 0.6) is 0 Å². The van der Waals surface area contributed by atoms with Crippen LogP contribution in [0, 0.1) is 12.3 Å². The molecule has 4 heteroatoms. The monoisotopic (exact) mass is 228 g/mol. The lowest BCUT2D eigenvalue weighted by atomic mass is 9.94. The molecule has 0 aliphatic rings. The molecule has 0 aliphatic carbocycles. The van der Waals surface area contributed by atoms with Crippen LogP contribution in [0.3, 0.4) is 0 Å². The first-order valence-corrected chi connectivity index (χ1v) is 6.01. The molecule has 0 fully saturated rings. The molecular weight excluding hydrogens is 208 g/mol. The molecule has 0 atom stereocenters. The van der Waals surface area contributed by atoms with E-state index in [0.717, 1.165) is 18.8 Å². The molecule has 1 aromatic rings. The van der Waals surface area contributed by atoms with E-state index in [1.807, 2.05) is 12.4 Å². The molecule has 3 nitrogen and oxygen atoms in total. The fourth-order valence-corrected chi connectivity index (χ4v) is 2.42. The predicted octanol–water partition coefficient (Wildman–Crippen LogP) is 1.90. The molecule has 0 saturated carbocycles. The minimum absolute atomic E-state index is 0.0344. The quantitative estimate of drug-likeness (QED) is 0.836. The van der Waals surface area contributed by atoms with Gasteiger partial charge in [0.05, 0.1) is 11.2 Å². The second-order valence-corrected chi connectivity index (χ2v) is 5.79. The first-order chi connectivity index (χ1) is 6.94. The van der Waals surface area contributed by atoms with Crippen molar-refractivity contribution >= 4 is 11.3 Å². The maximum atomic E-state index is 9.19. The maximum absolute atomic E-state index is 9.19. The lowest BCUT2D eigenvalue weighted by Crippen LogP contribution is -2.33. The van der Waals surface area contributed by atoms with E-state index in [2.05, 4.69) is 30.8 Å². The van der Waals surface area contributed by atoms with Crippen LogP contribution in [-0.2, 0) is 6.54 Å². The van der Waals surface area contributed by atoms with Gasteiger partial charge in [-0.15, -0.1) is 11.3 Å². The SMILES string of the molecule is Cc1ncsc1CN(C)CC(C)(C)CO. The third-order valence-electron chi connectivity index (χ3n) is 2.38. The minimum atomic E-state index is -0.0344. The number of thiazole rings is 1. The van der Waals surface area contributed by atoms with Gasteiger partial charge in [-0.05, 0) is 14.0 Å². The van der Waals surface area contributed by atoms with Crippen LogP contribution in [0.4, 0.5) is 0 Å². The van der Waals surface area contributed by atoms with Crippen LogP contribution >= 0.6 is 11.3 Å². The van der Waals surface area contributed by atoms with Crippen LogP contribution in [0.15, 0.2) is 5.51 Å². The maximum Gasteiger partial charge on any atom is 0.0798 e. The van der Waals surface area contributed by atoms with Crippen LogP contribution in [0.1, 0.15) is 24.4 Å². The van der Waals surface area contributed by atoms with E-state index < -0.39 is 0 Å². The van der Waals surface area contributed by atoms with Gasteiger partial charge in [0.25, 0.3) is 0 Å². The Balaban J connectivity index is 2.50.